The molecule has 0 spiro atoms. The molecule has 0 aromatic heterocycles. The molecule has 0 amide bonds. The first-order valence-electron chi connectivity index (χ1n) is 2.28. The van der Waals surface area contributed by atoms with E-state index in [1.54, 1.807) is 6.08 Å². The molecule has 0 saturated heterocycles. The molecule has 0 atom stereocenters. The zero-order chi connectivity index (χ0) is 5.70. The second-order valence-corrected chi connectivity index (χ2v) is 1.27. The number of halogens is 1. The summed E-state index contributed by atoms with van der Waals surface area (Å²) >= 11 is 0. The molecule has 8 heavy (non-hydrogen) atoms. The highest BCUT2D eigenvalue weighted by Gasteiger charge is 1.70. The van der Waals surface area contributed by atoms with Crippen LogP contribution in [-0.4, -0.2) is 5.84 Å². The third-order valence-electron chi connectivity index (χ3n) is 0.533. The highest BCUT2D eigenvalue weighted by Crippen LogP contribution is 1.75. The lowest BCUT2D eigenvalue weighted by Crippen LogP contribution is -2.03. The fourth-order valence-corrected chi connectivity index (χ4v) is 0.245. The Labute approximate surface area is 55.7 Å². The quantitative estimate of drug-likeness (QED) is 0.434. The minimum absolute atomic E-state index is 0. The van der Waals surface area contributed by atoms with Crippen LogP contribution in [0.1, 0.15) is 13.3 Å². The summed E-state index contributed by atoms with van der Waals surface area (Å²) in [7, 11) is 0. The zero-order valence-corrected chi connectivity index (χ0v) is 5.66. The molecule has 0 aliphatic heterocycles. The van der Waals surface area contributed by atoms with Crippen LogP contribution in [0.4, 0.5) is 0 Å². The van der Waals surface area contributed by atoms with Crippen molar-refractivity contribution in [2.45, 2.75) is 13.3 Å². The summed E-state index contributed by atoms with van der Waals surface area (Å²) < 4.78 is 0. The van der Waals surface area contributed by atoms with Crippen LogP contribution < -0.4 is 5.73 Å². The van der Waals surface area contributed by atoms with Gasteiger partial charge in [-0.05, 0) is 12.5 Å². The van der Waals surface area contributed by atoms with Gasteiger partial charge in [-0.25, -0.2) is 0 Å². The average Bonchev–Trinajstić information content (AvgIpc) is 1.61. The van der Waals surface area contributed by atoms with Crippen molar-refractivity contribution in [3.8, 4) is 0 Å². The van der Waals surface area contributed by atoms with Gasteiger partial charge in [-0.3, -0.25) is 5.41 Å². The van der Waals surface area contributed by atoms with E-state index in [-0.39, 0.29) is 18.2 Å². The van der Waals surface area contributed by atoms with Gasteiger partial charge >= 0.3 is 0 Å². The molecule has 0 unspecified atom stereocenters. The first-order chi connectivity index (χ1) is 3.27. The van der Waals surface area contributed by atoms with Gasteiger partial charge in [0.2, 0.25) is 0 Å². The SMILES string of the molecule is CC/C=C/C(=N)N.Cl. The van der Waals surface area contributed by atoms with E-state index in [0.29, 0.717) is 0 Å². The summed E-state index contributed by atoms with van der Waals surface area (Å²) in [4.78, 5) is 0. The Balaban J connectivity index is 0. The maximum atomic E-state index is 6.69. The molecule has 48 valence electrons. The molecular weight excluding hydrogens is 124 g/mol. The highest BCUT2D eigenvalue weighted by atomic mass is 35.5. The van der Waals surface area contributed by atoms with Crippen LogP contribution in [0.15, 0.2) is 12.2 Å². The Morgan fingerprint density at radius 3 is 2.38 bits per heavy atom. The van der Waals surface area contributed by atoms with Crippen molar-refractivity contribution in [3.63, 3.8) is 0 Å². The molecule has 0 saturated carbocycles. The van der Waals surface area contributed by atoms with Crippen LogP contribution in [0.25, 0.3) is 0 Å². The van der Waals surface area contributed by atoms with Crippen molar-refractivity contribution in [3.05, 3.63) is 12.2 Å². The topological polar surface area (TPSA) is 49.9 Å². The fourth-order valence-electron chi connectivity index (χ4n) is 0.245. The van der Waals surface area contributed by atoms with E-state index in [9.17, 15) is 0 Å². The molecule has 3 heteroatoms. The number of allylic oxidation sites excluding steroid dienone is 1. The smallest absolute Gasteiger partial charge is 0.114 e. The van der Waals surface area contributed by atoms with Crippen LogP contribution in [0.5, 0.6) is 0 Å². The monoisotopic (exact) mass is 134 g/mol. The minimum atomic E-state index is 0. The van der Waals surface area contributed by atoms with Gasteiger partial charge in [-0.1, -0.05) is 13.0 Å². The van der Waals surface area contributed by atoms with Gasteiger partial charge < -0.3 is 5.73 Å². The Hall–Kier alpha value is -0.500. The van der Waals surface area contributed by atoms with Crippen molar-refractivity contribution < 1.29 is 0 Å². The van der Waals surface area contributed by atoms with Crippen molar-refractivity contribution in [2.24, 2.45) is 5.73 Å². The van der Waals surface area contributed by atoms with Gasteiger partial charge in [0.05, 0.1) is 0 Å². The van der Waals surface area contributed by atoms with E-state index in [0.717, 1.165) is 6.42 Å². The van der Waals surface area contributed by atoms with Crippen molar-refractivity contribution >= 4 is 18.2 Å². The van der Waals surface area contributed by atoms with Gasteiger partial charge in [-0.15, -0.1) is 12.4 Å². The lowest BCUT2D eigenvalue weighted by molar-refractivity contribution is 1.22. The van der Waals surface area contributed by atoms with Crippen LogP contribution >= 0.6 is 12.4 Å². The minimum Gasteiger partial charge on any atom is -0.384 e. The number of hydrogen-bond donors (Lipinski definition) is 2. The standard InChI is InChI=1S/C5H10N2.ClH/c1-2-3-4-5(6)7;/h3-4H,2H2,1H3,(H3,6,7);1H/b4-3+;. The van der Waals surface area contributed by atoms with Gasteiger partial charge in [-0.2, -0.15) is 0 Å². The Bertz CT molecular complexity index is 88.4. The molecule has 0 aromatic carbocycles. The predicted octanol–water partition coefficient (Wildman–Crippen LogP) is 1.31. The summed E-state index contributed by atoms with van der Waals surface area (Å²) in [6, 6.07) is 0. The molecule has 0 fully saturated rings. The third kappa shape index (κ3) is 9.09. The molecule has 0 aliphatic rings. The molecule has 0 aliphatic carbocycles. The van der Waals surface area contributed by atoms with E-state index in [1.165, 1.54) is 0 Å². The lowest BCUT2D eigenvalue weighted by Gasteiger charge is -1.78. The molecule has 0 heterocycles. The van der Waals surface area contributed by atoms with Gasteiger partial charge in [0.1, 0.15) is 5.84 Å². The second-order valence-electron chi connectivity index (χ2n) is 1.27. The van der Waals surface area contributed by atoms with Gasteiger partial charge in [0, 0.05) is 0 Å². The first-order valence-corrected chi connectivity index (χ1v) is 2.28. The molecular formula is C5H11ClN2. The largest absolute Gasteiger partial charge is 0.384 e. The van der Waals surface area contributed by atoms with Crippen molar-refractivity contribution in [1.82, 2.24) is 0 Å². The van der Waals surface area contributed by atoms with Crippen LogP contribution in [-0.2, 0) is 0 Å². The summed E-state index contributed by atoms with van der Waals surface area (Å²) in [5, 5.41) is 6.69. The molecule has 3 N–H and O–H groups in total. The maximum absolute atomic E-state index is 6.69. The van der Waals surface area contributed by atoms with E-state index in [1.807, 2.05) is 13.0 Å². The Morgan fingerprint density at radius 1 is 1.75 bits per heavy atom. The lowest BCUT2D eigenvalue weighted by atomic mass is 10.4. The normalized spacial score (nSPS) is 8.62. The van der Waals surface area contributed by atoms with E-state index in [2.05, 4.69) is 0 Å². The maximum Gasteiger partial charge on any atom is 0.114 e. The van der Waals surface area contributed by atoms with Crippen LogP contribution in [0.2, 0.25) is 0 Å². The molecule has 0 radical (unpaired) electrons. The summed E-state index contributed by atoms with van der Waals surface area (Å²) in [5.74, 6) is 0.127. The molecule has 0 bridgehead atoms. The summed E-state index contributed by atoms with van der Waals surface area (Å²) in [5.41, 5.74) is 4.97. The Kier molecular flexibility index (Phi) is 8.51. The fraction of sp³-hybridized carbons (Fsp3) is 0.400. The molecule has 0 aromatic rings. The predicted molar refractivity (Wildman–Crippen MR) is 38.6 cm³/mol. The van der Waals surface area contributed by atoms with E-state index in [4.69, 9.17) is 11.1 Å². The number of rotatable bonds is 2. The van der Waals surface area contributed by atoms with Gasteiger partial charge in [0.15, 0.2) is 0 Å². The Morgan fingerprint density at radius 2 is 2.25 bits per heavy atom. The number of nitrogens with one attached hydrogen (secondary N) is 1. The average molecular weight is 135 g/mol. The second kappa shape index (κ2) is 6.50. The number of hydrogen-bond acceptors (Lipinski definition) is 1. The highest BCUT2D eigenvalue weighted by molar-refractivity contribution is 5.88. The summed E-state index contributed by atoms with van der Waals surface area (Å²) in [6.07, 6.45) is 4.38. The number of amidine groups is 1. The third-order valence-corrected chi connectivity index (χ3v) is 0.533. The van der Waals surface area contributed by atoms with Crippen LogP contribution in [0, 0.1) is 5.41 Å². The van der Waals surface area contributed by atoms with Crippen molar-refractivity contribution in [2.75, 3.05) is 0 Å². The summed E-state index contributed by atoms with van der Waals surface area (Å²) in [6.45, 7) is 2.00. The van der Waals surface area contributed by atoms with E-state index < -0.39 is 0 Å². The molecule has 0 rings (SSSR count). The van der Waals surface area contributed by atoms with E-state index >= 15 is 0 Å². The molecule has 2 nitrogen and oxygen atoms in total. The number of nitrogens with two attached hydrogens (primary N) is 1. The van der Waals surface area contributed by atoms with Crippen LogP contribution in [0.3, 0.4) is 0 Å². The zero-order valence-electron chi connectivity index (χ0n) is 4.85. The van der Waals surface area contributed by atoms with Gasteiger partial charge in [0.25, 0.3) is 0 Å². The first kappa shape index (κ1) is 10.5. The van der Waals surface area contributed by atoms with Crippen molar-refractivity contribution in [1.29, 1.82) is 5.41 Å².